The summed E-state index contributed by atoms with van der Waals surface area (Å²) in [6.07, 6.45) is 4.87. The van der Waals surface area contributed by atoms with Gasteiger partial charge in [-0.05, 0) is 52.0 Å². The smallest absolute Gasteiger partial charge is 0.380 e. The third kappa shape index (κ3) is 3.33. The molecule has 1 aliphatic heterocycles. The third-order valence-electron chi connectivity index (χ3n) is 5.05. The van der Waals surface area contributed by atoms with Crippen molar-refractivity contribution >= 4 is 29.4 Å². The van der Waals surface area contributed by atoms with Gasteiger partial charge in [0.2, 0.25) is 0 Å². The van der Waals surface area contributed by atoms with Crippen LogP contribution in [0.5, 0.6) is 11.5 Å². The molecular formula is C22H20O6. The molecule has 0 unspecified atom stereocenters. The minimum Gasteiger partial charge on any atom is -0.489 e. The minimum absolute atomic E-state index is 0.0125. The van der Waals surface area contributed by atoms with Gasteiger partial charge >= 0.3 is 5.97 Å². The fourth-order valence-corrected chi connectivity index (χ4v) is 3.01. The lowest BCUT2D eigenvalue weighted by atomic mass is 9.73. The van der Waals surface area contributed by atoms with Crippen LogP contribution < -0.4 is 9.47 Å². The van der Waals surface area contributed by atoms with Crippen molar-refractivity contribution in [3.8, 4) is 11.5 Å². The lowest BCUT2D eigenvalue weighted by Gasteiger charge is -2.27. The van der Waals surface area contributed by atoms with Gasteiger partial charge in [0, 0.05) is 28.3 Å². The molecule has 0 atom stereocenters. The van der Waals surface area contributed by atoms with E-state index in [1.807, 2.05) is 12.2 Å². The van der Waals surface area contributed by atoms with Crippen LogP contribution in [-0.4, -0.2) is 29.9 Å². The van der Waals surface area contributed by atoms with Gasteiger partial charge in [0.25, 0.3) is 5.78 Å². The van der Waals surface area contributed by atoms with Gasteiger partial charge in [-0.15, -0.1) is 0 Å². The van der Waals surface area contributed by atoms with Gasteiger partial charge in [-0.3, -0.25) is 14.4 Å². The van der Waals surface area contributed by atoms with Crippen LogP contribution in [0.1, 0.15) is 33.3 Å². The lowest BCUT2D eigenvalue weighted by Crippen LogP contribution is -2.39. The van der Waals surface area contributed by atoms with Crippen LogP contribution >= 0.6 is 0 Å². The number of benzene rings is 1. The molecule has 0 amide bonds. The van der Waals surface area contributed by atoms with Crippen LogP contribution in [0.15, 0.2) is 47.1 Å². The van der Waals surface area contributed by atoms with Crippen molar-refractivity contribution < 1.29 is 28.7 Å². The highest BCUT2D eigenvalue weighted by atomic mass is 16.5. The first kappa shape index (κ1) is 19.5. The normalized spacial score (nSPS) is 16.4. The topological polar surface area (TPSA) is 86.7 Å². The molecule has 1 aromatic rings. The molecule has 0 saturated heterocycles. The number of allylic oxidation sites excluding steroid dienone is 4. The minimum atomic E-state index is -1.50. The van der Waals surface area contributed by atoms with E-state index in [9.17, 15) is 19.2 Å². The molecule has 0 spiro atoms. The molecule has 0 radical (unpaired) electrons. The van der Waals surface area contributed by atoms with E-state index in [1.165, 1.54) is 26.8 Å². The van der Waals surface area contributed by atoms with Crippen LogP contribution in [-0.2, 0) is 19.2 Å². The molecule has 1 heterocycles. The van der Waals surface area contributed by atoms with Gasteiger partial charge in [-0.25, -0.2) is 4.79 Å². The van der Waals surface area contributed by atoms with Gasteiger partial charge in [0.05, 0.1) is 5.41 Å². The lowest BCUT2D eigenvalue weighted by molar-refractivity contribution is -0.150. The van der Waals surface area contributed by atoms with Gasteiger partial charge < -0.3 is 9.47 Å². The molecule has 1 aliphatic carbocycles. The Morgan fingerprint density at radius 2 is 1.82 bits per heavy atom. The second-order valence-electron chi connectivity index (χ2n) is 7.26. The van der Waals surface area contributed by atoms with E-state index >= 15 is 0 Å². The molecule has 0 fully saturated rings. The van der Waals surface area contributed by atoms with Crippen LogP contribution in [0.25, 0.3) is 6.08 Å². The molecule has 0 saturated carbocycles. The van der Waals surface area contributed by atoms with Crippen molar-refractivity contribution in [3.05, 3.63) is 52.6 Å². The molecule has 0 aromatic heterocycles. The third-order valence-corrected chi connectivity index (χ3v) is 5.05. The zero-order chi connectivity index (χ0) is 20.6. The SMILES string of the molecule is CC1=C(C)C(=O)C(C(C)(C)C(=O)C(=O)Oc2ccc3c(c2)OCC=C3)=CC1=O. The number of rotatable bonds is 4. The maximum atomic E-state index is 12.8. The highest BCUT2D eigenvalue weighted by Crippen LogP contribution is 2.35. The van der Waals surface area contributed by atoms with Crippen LogP contribution in [0.3, 0.4) is 0 Å². The summed E-state index contributed by atoms with van der Waals surface area (Å²) in [6.45, 7) is 6.36. The van der Waals surface area contributed by atoms with Gasteiger partial charge in [0.1, 0.15) is 18.1 Å². The quantitative estimate of drug-likeness (QED) is 0.345. The average Bonchev–Trinajstić information content (AvgIpc) is 2.68. The zero-order valence-electron chi connectivity index (χ0n) is 16.1. The molecule has 1 aromatic carbocycles. The molecule has 2 aliphatic rings. The Hall–Kier alpha value is -3.28. The van der Waals surface area contributed by atoms with Crippen LogP contribution in [0.4, 0.5) is 0 Å². The number of hydrogen-bond donors (Lipinski definition) is 0. The average molecular weight is 380 g/mol. The Labute approximate surface area is 162 Å². The first-order chi connectivity index (χ1) is 13.1. The first-order valence-electron chi connectivity index (χ1n) is 8.81. The second kappa shape index (κ2) is 7.03. The summed E-state index contributed by atoms with van der Waals surface area (Å²) >= 11 is 0. The van der Waals surface area contributed by atoms with Crippen molar-refractivity contribution in [2.24, 2.45) is 5.41 Å². The predicted molar refractivity (Wildman–Crippen MR) is 102 cm³/mol. The summed E-state index contributed by atoms with van der Waals surface area (Å²) in [7, 11) is 0. The number of ketones is 3. The van der Waals surface area contributed by atoms with E-state index in [0.717, 1.165) is 11.6 Å². The summed E-state index contributed by atoms with van der Waals surface area (Å²) in [5.41, 5.74) is -0.0632. The van der Waals surface area contributed by atoms with E-state index in [1.54, 1.807) is 19.1 Å². The number of Topliss-reactive ketones (excluding diaryl/α,β-unsaturated/α-hetero) is 2. The Balaban J connectivity index is 1.82. The Morgan fingerprint density at radius 1 is 1.11 bits per heavy atom. The van der Waals surface area contributed by atoms with Gasteiger partial charge in [0.15, 0.2) is 11.6 Å². The largest absolute Gasteiger partial charge is 0.489 e. The van der Waals surface area contributed by atoms with E-state index in [-0.39, 0.29) is 22.7 Å². The standard InChI is InChI=1S/C22H20O6/c1-12-13(2)19(24)16(11-17(12)23)22(3,4)20(25)21(26)28-15-8-7-14-6-5-9-27-18(14)10-15/h5-8,10-11H,9H2,1-4H3. The summed E-state index contributed by atoms with van der Waals surface area (Å²) < 4.78 is 10.7. The number of carbonyl (C=O) groups excluding carboxylic acids is 4. The maximum Gasteiger partial charge on any atom is 0.380 e. The zero-order valence-corrected chi connectivity index (χ0v) is 16.1. The van der Waals surface area contributed by atoms with Crippen LogP contribution in [0, 0.1) is 5.41 Å². The maximum absolute atomic E-state index is 12.8. The van der Waals surface area contributed by atoms with Crippen molar-refractivity contribution in [2.45, 2.75) is 27.7 Å². The Bertz CT molecular complexity index is 1000. The Kier molecular flexibility index (Phi) is 4.89. The van der Waals surface area contributed by atoms with Crippen molar-refractivity contribution in [3.63, 3.8) is 0 Å². The molecule has 28 heavy (non-hydrogen) atoms. The second-order valence-corrected chi connectivity index (χ2v) is 7.26. The molecule has 6 nitrogen and oxygen atoms in total. The molecule has 0 bridgehead atoms. The molecular weight excluding hydrogens is 360 g/mol. The van der Waals surface area contributed by atoms with Crippen molar-refractivity contribution in [1.29, 1.82) is 0 Å². The summed E-state index contributed by atoms with van der Waals surface area (Å²) in [6, 6.07) is 4.80. The molecule has 0 N–H and O–H groups in total. The number of fused-ring (bicyclic) bond motifs is 1. The fourth-order valence-electron chi connectivity index (χ4n) is 3.01. The highest BCUT2D eigenvalue weighted by Gasteiger charge is 2.43. The number of ether oxygens (including phenoxy) is 2. The molecule has 144 valence electrons. The summed E-state index contributed by atoms with van der Waals surface area (Å²) in [4.78, 5) is 49.9. The Morgan fingerprint density at radius 3 is 2.54 bits per heavy atom. The number of esters is 1. The van der Waals surface area contributed by atoms with Gasteiger partial charge in [-0.2, -0.15) is 0 Å². The van der Waals surface area contributed by atoms with E-state index in [2.05, 4.69) is 0 Å². The van der Waals surface area contributed by atoms with E-state index < -0.39 is 23.0 Å². The number of hydrogen-bond acceptors (Lipinski definition) is 6. The number of carbonyl (C=O) groups is 4. The summed E-state index contributed by atoms with van der Waals surface area (Å²) in [5.74, 6) is -2.08. The predicted octanol–water partition coefficient (Wildman–Crippen LogP) is 3.01. The molecule has 6 heteroatoms. The summed E-state index contributed by atoms with van der Waals surface area (Å²) in [5, 5.41) is 0. The van der Waals surface area contributed by atoms with Crippen molar-refractivity contribution in [2.75, 3.05) is 6.61 Å². The fraction of sp³-hybridized carbons (Fsp3) is 0.273. The monoisotopic (exact) mass is 380 g/mol. The van der Waals surface area contributed by atoms with Crippen molar-refractivity contribution in [1.82, 2.24) is 0 Å². The van der Waals surface area contributed by atoms with E-state index in [4.69, 9.17) is 9.47 Å². The molecule has 3 rings (SSSR count). The van der Waals surface area contributed by atoms with Gasteiger partial charge in [-0.1, -0.05) is 6.08 Å². The first-order valence-corrected chi connectivity index (χ1v) is 8.81. The highest BCUT2D eigenvalue weighted by molar-refractivity contribution is 6.39. The van der Waals surface area contributed by atoms with Crippen LogP contribution in [0.2, 0.25) is 0 Å². The van der Waals surface area contributed by atoms with E-state index in [0.29, 0.717) is 17.9 Å².